The Morgan fingerprint density at radius 2 is 2.16 bits per heavy atom. The first-order valence-corrected chi connectivity index (χ1v) is 5.66. The molecule has 3 aromatic rings. The van der Waals surface area contributed by atoms with Crippen molar-refractivity contribution >= 4 is 16.8 Å². The minimum absolute atomic E-state index is 0.168. The molecule has 94 valence electrons. The molecule has 5 heteroatoms. The number of carbonyl (C=O) groups is 1. The van der Waals surface area contributed by atoms with Gasteiger partial charge < -0.3 is 4.42 Å². The minimum Gasteiger partial charge on any atom is -0.452 e. The lowest BCUT2D eigenvalue weighted by atomic mass is 10.1. The number of hydrogen-bond acceptors (Lipinski definition) is 4. The molecule has 2 aromatic heterocycles. The molecular formula is C14H9FN2O2. The Bertz CT molecular complexity index is 766. The van der Waals surface area contributed by atoms with E-state index in [1.54, 1.807) is 6.92 Å². The summed E-state index contributed by atoms with van der Waals surface area (Å²) in [5.41, 5.74) is 1.28. The van der Waals surface area contributed by atoms with Crippen molar-refractivity contribution in [2.75, 3.05) is 0 Å². The molecule has 0 bridgehead atoms. The molecule has 0 amide bonds. The van der Waals surface area contributed by atoms with Gasteiger partial charge in [0.15, 0.2) is 5.76 Å². The fraction of sp³-hybridized carbons (Fsp3) is 0.0714. The van der Waals surface area contributed by atoms with Gasteiger partial charge in [0.1, 0.15) is 17.1 Å². The highest BCUT2D eigenvalue weighted by molar-refractivity contribution is 6.09. The van der Waals surface area contributed by atoms with Gasteiger partial charge in [0.25, 0.3) is 0 Å². The second-order valence-electron chi connectivity index (χ2n) is 4.12. The first kappa shape index (κ1) is 11.5. The van der Waals surface area contributed by atoms with Gasteiger partial charge in [0, 0.05) is 23.3 Å². The van der Waals surface area contributed by atoms with Crippen LogP contribution in [0, 0.1) is 12.7 Å². The molecule has 0 fully saturated rings. The number of aryl methyl sites for hydroxylation is 1. The van der Waals surface area contributed by atoms with E-state index in [9.17, 15) is 9.18 Å². The van der Waals surface area contributed by atoms with E-state index in [0.717, 1.165) is 0 Å². The molecule has 0 radical (unpaired) electrons. The predicted molar refractivity (Wildman–Crippen MR) is 66.4 cm³/mol. The fourth-order valence-electron chi connectivity index (χ4n) is 1.94. The van der Waals surface area contributed by atoms with Gasteiger partial charge in [-0.1, -0.05) is 0 Å². The fourth-order valence-corrected chi connectivity index (χ4v) is 1.94. The summed E-state index contributed by atoms with van der Waals surface area (Å²) in [5.74, 6) is -0.557. The van der Waals surface area contributed by atoms with Crippen LogP contribution < -0.4 is 0 Å². The highest BCUT2D eigenvalue weighted by Gasteiger charge is 2.20. The van der Waals surface area contributed by atoms with Crippen LogP contribution in [0.25, 0.3) is 11.0 Å². The normalized spacial score (nSPS) is 10.8. The highest BCUT2D eigenvalue weighted by Crippen LogP contribution is 2.27. The molecule has 0 aliphatic rings. The Morgan fingerprint density at radius 1 is 1.32 bits per heavy atom. The van der Waals surface area contributed by atoms with Gasteiger partial charge in [0.2, 0.25) is 5.78 Å². The molecule has 19 heavy (non-hydrogen) atoms. The smallest absolute Gasteiger partial charge is 0.248 e. The number of rotatable bonds is 2. The van der Waals surface area contributed by atoms with Gasteiger partial charge >= 0.3 is 0 Å². The Labute approximate surface area is 107 Å². The second-order valence-corrected chi connectivity index (χ2v) is 4.12. The van der Waals surface area contributed by atoms with E-state index in [0.29, 0.717) is 16.5 Å². The summed E-state index contributed by atoms with van der Waals surface area (Å²) in [7, 11) is 0. The summed E-state index contributed by atoms with van der Waals surface area (Å²) in [6.45, 7) is 1.72. The van der Waals surface area contributed by atoms with Gasteiger partial charge in [-0.15, -0.1) is 0 Å². The minimum atomic E-state index is -0.366. The Balaban J connectivity index is 2.16. The van der Waals surface area contributed by atoms with Crippen LogP contribution in [0.15, 0.2) is 41.2 Å². The van der Waals surface area contributed by atoms with Gasteiger partial charge in [-0.25, -0.2) is 9.37 Å². The number of halogens is 1. The Morgan fingerprint density at radius 3 is 2.89 bits per heavy atom. The van der Waals surface area contributed by atoms with Crippen molar-refractivity contribution in [3.8, 4) is 0 Å². The number of ketones is 1. The second kappa shape index (κ2) is 4.28. The number of aromatic nitrogens is 2. The lowest BCUT2D eigenvalue weighted by Crippen LogP contribution is -2.04. The summed E-state index contributed by atoms with van der Waals surface area (Å²) in [6.07, 6.45) is 4.29. The maximum absolute atomic E-state index is 13.2. The molecule has 0 N–H and O–H groups in total. The molecule has 2 heterocycles. The molecule has 0 saturated heterocycles. The van der Waals surface area contributed by atoms with Crippen LogP contribution in [-0.4, -0.2) is 15.8 Å². The van der Waals surface area contributed by atoms with Crippen LogP contribution in [0.4, 0.5) is 4.39 Å². The molecule has 3 rings (SSSR count). The van der Waals surface area contributed by atoms with Crippen LogP contribution in [0.3, 0.4) is 0 Å². The van der Waals surface area contributed by atoms with Crippen molar-refractivity contribution < 1.29 is 13.6 Å². The highest BCUT2D eigenvalue weighted by atomic mass is 19.1. The van der Waals surface area contributed by atoms with Crippen molar-refractivity contribution in [3.05, 3.63) is 59.6 Å². The molecule has 0 saturated carbocycles. The molecule has 0 unspecified atom stereocenters. The van der Waals surface area contributed by atoms with Crippen molar-refractivity contribution in [3.63, 3.8) is 0 Å². The molecule has 4 nitrogen and oxygen atoms in total. The maximum atomic E-state index is 13.2. The average molecular weight is 256 g/mol. The van der Waals surface area contributed by atoms with E-state index < -0.39 is 0 Å². The number of benzene rings is 1. The molecule has 0 atom stereocenters. The van der Waals surface area contributed by atoms with Crippen LogP contribution >= 0.6 is 0 Å². The average Bonchev–Trinajstić information content (AvgIpc) is 2.76. The lowest BCUT2D eigenvalue weighted by molar-refractivity contribution is 0.100. The van der Waals surface area contributed by atoms with Crippen molar-refractivity contribution in [1.29, 1.82) is 0 Å². The third-order valence-electron chi connectivity index (χ3n) is 2.90. The molecule has 0 aliphatic heterocycles. The Kier molecular flexibility index (Phi) is 2.59. The molecule has 0 spiro atoms. The third-order valence-corrected chi connectivity index (χ3v) is 2.90. The van der Waals surface area contributed by atoms with Crippen molar-refractivity contribution in [2.24, 2.45) is 0 Å². The monoisotopic (exact) mass is 256 g/mol. The zero-order chi connectivity index (χ0) is 13.4. The summed E-state index contributed by atoms with van der Waals surface area (Å²) < 4.78 is 18.7. The van der Waals surface area contributed by atoms with E-state index in [1.807, 2.05) is 0 Å². The van der Waals surface area contributed by atoms with Crippen molar-refractivity contribution in [2.45, 2.75) is 6.92 Å². The quantitative estimate of drug-likeness (QED) is 0.661. The number of furan rings is 1. The third kappa shape index (κ3) is 1.89. The maximum Gasteiger partial charge on any atom is 0.248 e. The van der Waals surface area contributed by atoms with E-state index in [1.165, 1.54) is 36.8 Å². The Hall–Kier alpha value is -2.56. The van der Waals surface area contributed by atoms with Gasteiger partial charge in [0.05, 0.1) is 6.20 Å². The summed E-state index contributed by atoms with van der Waals surface area (Å²) in [4.78, 5) is 20.0. The van der Waals surface area contributed by atoms with Crippen LogP contribution in [0.2, 0.25) is 0 Å². The summed E-state index contributed by atoms with van der Waals surface area (Å²) in [6, 6.07) is 4.15. The van der Waals surface area contributed by atoms with E-state index >= 15 is 0 Å². The molecule has 0 aliphatic carbocycles. The van der Waals surface area contributed by atoms with E-state index in [2.05, 4.69) is 9.97 Å². The van der Waals surface area contributed by atoms with Crippen molar-refractivity contribution in [1.82, 2.24) is 9.97 Å². The first-order valence-electron chi connectivity index (χ1n) is 5.66. The summed E-state index contributed by atoms with van der Waals surface area (Å²) >= 11 is 0. The largest absolute Gasteiger partial charge is 0.452 e. The zero-order valence-electron chi connectivity index (χ0n) is 10.1. The number of hydrogen-bond donors (Lipinski definition) is 0. The van der Waals surface area contributed by atoms with Crippen LogP contribution in [0.1, 0.15) is 21.8 Å². The van der Waals surface area contributed by atoms with Gasteiger partial charge in [-0.2, -0.15) is 0 Å². The number of nitrogens with zero attached hydrogens (tertiary/aromatic N) is 2. The van der Waals surface area contributed by atoms with E-state index in [-0.39, 0.29) is 23.1 Å². The number of carbonyl (C=O) groups excluding carboxylic acids is 1. The molecule has 1 aromatic carbocycles. The van der Waals surface area contributed by atoms with Gasteiger partial charge in [-0.05, 0) is 25.1 Å². The SMILES string of the molecule is Cc1c(C(=O)c2cnccn2)oc2ccc(F)cc12. The lowest BCUT2D eigenvalue weighted by Gasteiger charge is -1.96. The predicted octanol–water partition coefficient (Wildman–Crippen LogP) is 2.90. The molecular weight excluding hydrogens is 247 g/mol. The van der Waals surface area contributed by atoms with E-state index in [4.69, 9.17) is 4.42 Å². The summed E-state index contributed by atoms with van der Waals surface area (Å²) in [5, 5.41) is 0.590. The van der Waals surface area contributed by atoms with Crippen LogP contribution in [-0.2, 0) is 0 Å². The van der Waals surface area contributed by atoms with Gasteiger partial charge in [-0.3, -0.25) is 9.78 Å². The number of fused-ring (bicyclic) bond motifs is 1. The first-order chi connectivity index (χ1) is 9.16. The zero-order valence-corrected chi connectivity index (χ0v) is 10.1. The standard InChI is InChI=1S/C14H9FN2O2/c1-8-10-6-9(15)2-3-12(10)19-14(8)13(18)11-7-16-4-5-17-11/h2-7H,1H3. The van der Waals surface area contributed by atoms with Crippen LogP contribution in [0.5, 0.6) is 0 Å². The topological polar surface area (TPSA) is 56.0 Å².